The number of hydrogen-bond donors (Lipinski definition) is 9. The van der Waals surface area contributed by atoms with E-state index in [1.54, 1.807) is 13.0 Å². The van der Waals surface area contributed by atoms with Crippen molar-refractivity contribution in [3.8, 4) is 0 Å². The van der Waals surface area contributed by atoms with Crippen LogP contribution in [0.25, 0.3) is 0 Å². The molecule has 0 amide bonds. The van der Waals surface area contributed by atoms with Crippen LogP contribution in [0.15, 0.2) is 12.2 Å². The largest absolute Gasteiger partial charge is 0.394 e. The fourth-order valence-corrected chi connectivity index (χ4v) is 6.31. The first-order valence-corrected chi connectivity index (χ1v) is 13.2. The van der Waals surface area contributed by atoms with Gasteiger partial charge in [-0.15, -0.1) is 0 Å². The molecule has 3 heterocycles. The number of aliphatic hydroxyl groups is 9. The monoisotopic (exact) mass is 566 g/mol. The maximum atomic E-state index is 10.7. The molecule has 39 heavy (non-hydrogen) atoms. The van der Waals surface area contributed by atoms with Gasteiger partial charge in [0, 0.05) is 17.8 Å². The van der Waals surface area contributed by atoms with Crippen molar-refractivity contribution in [1.29, 1.82) is 0 Å². The highest BCUT2D eigenvalue weighted by Gasteiger charge is 2.65. The first-order chi connectivity index (χ1) is 18.3. The third-order valence-electron chi connectivity index (χ3n) is 8.54. The Bertz CT molecular complexity index is 855. The summed E-state index contributed by atoms with van der Waals surface area (Å²) in [6.07, 6.45) is -14.4. The average molecular weight is 567 g/mol. The van der Waals surface area contributed by atoms with Gasteiger partial charge in [0.15, 0.2) is 12.6 Å². The molecule has 2 bridgehead atoms. The van der Waals surface area contributed by atoms with Gasteiger partial charge in [-0.3, -0.25) is 0 Å². The smallest absolute Gasteiger partial charge is 0.187 e. The third-order valence-corrected chi connectivity index (χ3v) is 8.54. The summed E-state index contributed by atoms with van der Waals surface area (Å²) < 4.78 is 29.7. The lowest BCUT2D eigenvalue weighted by atomic mass is 9.60. The topological polar surface area (TPSA) is 228 Å². The molecule has 3 aliphatic heterocycles. The Morgan fingerprint density at radius 1 is 0.821 bits per heavy atom. The van der Waals surface area contributed by atoms with Crippen molar-refractivity contribution in [1.82, 2.24) is 0 Å². The molecule has 3 saturated heterocycles. The summed E-state index contributed by atoms with van der Waals surface area (Å²) in [6.45, 7) is 4.13. The van der Waals surface area contributed by atoms with Crippen LogP contribution >= 0.6 is 0 Å². The number of hydrogen-bond acceptors (Lipinski definition) is 14. The number of aliphatic hydroxyl groups excluding tert-OH is 9. The second-order valence-electron chi connectivity index (χ2n) is 11.5. The molecule has 1 aliphatic carbocycles. The van der Waals surface area contributed by atoms with E-state index in [1.165, 1.54) is 0 Å². The van der Waals surface area contributed by atoms with Crippen molar-refractivity contribution in [2.24, 2.45) is 11.3 Å². The number of ether oxygens (including phenoxy) is 5. The Hall–Kier alpha value is -0.820. The van der Waals surface area contributed by atoms with Crippen molar-refractivity contribution >= 4 is 0 Å². The van der Waals surface area contributed by atoms with E-state index in [0.717, 1.165) is 0 Å². The molecule has 0 aromatic rings. The molecule has 0 aromatic heterocycles. The minimum atomic E-state index is -1.69. The zero-order valence-electron chi connectivity index (χ0n) is 22.1. The molecule has 4 rings (SSSR count). The van der Waals surface area contributed by atoms with E-state index >= 15 is 0 Å². The summed E-state index contributed by atoms with van der Waals surface area (Å²) >= 11 is 0. The van der Waals surface area contributed by atoms with Crippen molar-refractivity contribution in [3.63, 3.8) is 0 Å². The molecule has 9 N–H and O–H groups in total. The van der Waals surface area contributed by atoms with Crippen LogP contribution in [-0.2, 0) is 23.7 Å². The highest BCUT2D eigenvalue weighted by Crippen LogP contribution is 2.57. The summed E-state index contributed by atoms with van der Waals surface area (Å²) in [6, 6.07) is 0. The molecular weight excluding hydrogens is 524 g/mol. The van der Waals surface area contributed by atoms with E-state index in [4.69, 9.17) is 23.7 Å². The van der Waals surface area contributed by atoms with Crippen LogP contribution in [0.2, 0.25) is 0 Å². The van der Waals surface area contributed by atoms with Gasteiger partial charge in [-0.2, -0.15) is 0 Å². The van der Waals surface area contributed by atoms with Crippen LogP contribution in [0, 0.1) is 11.3 Å². The van der Waals surface area contributed by atoms with E-state index in [1.807, 2.05) is 19.9 Å². The molecule has 16 atom stereocenters. The highest BCUT2D eigenvalue weighted by molar-refractivity contribution is 5.18. The summed E-state index contributed by atoms with van der Waals surface area (Å²) in [5.74, 6) is -0.343. The van der Waals surface area contributed by atoms with Gasteiger partial charge in [-0.05, 0) is 13.8 Å². The van der Waals surface area contributed by atoms with Crippen molar-refractivity contribution in [2.75, 3.05) is 19.8 Å². The second kappa shape index (κ2) is 11.8. The van der Waals surface area contributed by atoms with E-state index in [2.05, 4.69) is 0 Å². The maximum absolute atomic E-state index is 10.7. The SMILES string of the molecule is C[C@@H](O)C=C[C@@H]1[C@@]2(C)CO[C@]1(C)C[C@@H](O[C@@H]1O[C@H](CO)[C@@H](O)[C@H](O)[C@H]1O)[C@@H]2O[C@@H]1O[C@H](CO)[C@@H](O)[C@H](O)[C@H]1O. The molecule has 0 unspecified atom stereocenters. The second-order valence-corrected chi connectivity index (χ2v) is 11.5. The lowest BCUT2D eigenvalue weighted by Gasteiger charge is -2.52. The Morgan fingerprint density at radius 3 is 1.82 bits per heavy atom. The molecule has 226 valence electrons. The molecule has 1 saturated carbocycles. The minimum Gasteiger partial charge on any atom is -0.394 e. The van der Waals surface area contributed by atoms with Gasteiger partial charge >= 0.3 is 0 Å². The van der Waals surface area contributed by atoms with Crippen LogP contribution in [0.4, 0.5) is 0 Å². The van der Waals surface area contributed by atoms with Crippen molar-refractivity contribution in [2.45, 2.75) is 113 Å². The molecule has 4 aliphatic rings. The number of fused-ring (bicyclic) bond motifs is 2. The summed E-state index contributed by atoms with van der Waals surface area (Å²) in [5.41, 5.74) is -1.73. The van der Waals surface area contributed by atoms with Gasteiger partial charge < -0.3 is 69.6 Å². The summed E-state index contributed by atoms with van der Waals surface area (Å²) in [4.78, 5) is 0. The highest BCUT2D eigenvalue weighted by atomic mass is 16.7. The van der Waals surface area contributed by atoms with Crippen LogP contribution < -0.4 is 0 Å². The molecule has 0 spiro atoms. The van der Waals surface area contributed by atoms with Crippen molar-refractivity contribution < 1.29 is 69.6 Å². The Balaban J connectivity index is 1.67. The van der Waals surface area contributed by atoms with Gasteiger partial charge in [-0.25, -0.2) is 0 Å². The Kier molecular flexibility index (Phi) is 9.43. The zero-order valence-corrected chi connectivity index (χ0v) is 22.1. The van der Waals surface area contributed by atoms with E-state index in [-0.39, 0.29) is 18.9 Å². The minimum absolute atomic E-state index is 0.147. The lowest BCUT2D eigenvalue weighted by Crippen LogP contribution is -2.65. The van der Waals surface area contributed by atoms with Crippen molar-refractivity contribution in [3.05, 3.63) is 12.2 Å². The van der Waals surface area contributed by atoms with Gasteiger partial charge in [0.25, 0.3) is 0 Å². The average Bonchev–Trinajstić information content (AvgIpc) is 3.09. The standard InChI is InChI=1S/C25H42O14/c1-10(28)4-5-14-24(2)9-35-25(14,3)6-11(36-22-19(33)17(31)15(29)12(7-26)37-22)21(24)39-23-20(34)18(32)16(30)13(8-27)38-23/h4-5,10-23,26-34H,6-9H2,1-3H3/t10-,11-,12-,13-,14-,15-,16-,17+,18+,19-,20-,21+,22-,23+,24-,25-/m1/s1. The van der Waals surface area contributed by atoms with Gasteiger partial charge in [0.05, 0.1) is 43.7 Å². The predicted molar refractivity (Wildman–Crippen MR) is 129 cm³/mol. The van der Waals surface area contributed by atoms with Gasteiger partial charge in [0.1, 0.15) is 48.8 Å². The Labute approximate surface area is 226 Å². The van der Waals surface area contributed by atoms with Gasteiger partial charge in [-0.1, -0.05) is 19.1 Å². The van der Waals surface area contributed by atoms with E-state index < -0.39 is 104 Å². The summed E-state index contributed by atoms with van der Waals surface area (Å²) in [5, 5.41) is 91.3. The normalized spacial score (nSPS) is 53.3. The van der Waals surface area contributed by atoms with E-state index in [0.29, 0.717) is 0 Å². The van der Waals surface area contributed by atoms with E-state index in [9.17, 15) is 46.0 Å². The molecule has 4 fully saturated rings. The number of rotatable bonds is 8. The summed E-state index contributed by atoms with van der Waals surface area (Å²) in [7, 11) is 0. The maximum Gasteiger partial charge on any atom is 0.187 e. The third kappa shape index (κ3) is 5.66. The lowest BCUT2D eigenvalue weighted by molar-refractivity contribution is -0.355. The Morgan fingerprint density at radius 2 is 1.33 bits per heavy atom. The van der Waals surface area contributed by atoms with Crippen LogP contribution in [-0.4, -0.2) is 151 Å². The fraction of sp³-hybridized carbons (Fsp3) is 0.920. The molecule has 0 radical (unpaired) electrons. The first kappa shape index (κ1) is 31.1. The zero-order chi connectivity index (χ0) is 28.9. The van der Waals surface area contributed by atoms with Crippen LogP contribution in [0.3, 0.4) is 0 Å². The molecule has 0 aromatic carbocycles. The van der Waals surface area contributed by atoms with Crippen LogP contribution in [0.1, 0.15) is 27.2 Å². The van der Waals surface area contributed by atoms with Crippen LogP contribution in [0.5, 0.6) is 0 Å². The predicted octanol–water partition coefficient (Wildman–Crippen LogP) is -3.89. The molecule has 14 heteroatoms. The molecule has 14 nitrogen and oxygen atoms in total. The first-order valence-electron chi connectivity index (χ1n) is 13.2. The van der Waals surface area contributed by atoms with Gasteiger partial charge in [0.2, 0.25) is 0 Å². The fourth-order valence-electron chi connectivity index (χ4n) is 6.31. The quantitative estimate of drug-likeness (QED) is 0.128. The molecular formula is C25H42O14.